The number of hydrogen-bond acceptors (Lipinski definition) is 4. The summed E-state index contributed by atoms with van der Waals surface area (Å²) >= 11 is 5.95. The first-order valence-corrected chi connectivity index (χ1v) is 7.72. The van der Waals surface area contributed by atoms with Gasteiger partial charge >= 0.3 is 0 Å². The van der Waals surface area contributed by atoms with Crippen molar-refractivity contribution in [2.75, 3.05) is 5.32 Å². The molecule has 0 spiro atoms. The number of halogens is 1. The fourth-order valence-corrected chi connectivity index (χ4v) is 2.57. The SMILES string of the molecule is O=C(Nc1cnn(Cc2cccc(Cl)c2)c1)c1ccccc1[N+](=O)[O-]. The molecule has 0 aliphatic carbocycles. The molecule has 0 fully saturated rings. The van der Waals surface area contributed by atoms with Gasteiger partial charge in [0.1, 0.15) is 5.56 Å². The lowest BCUT2D eigenvalue weighted by atomic mass is 10.1. The van der Waals surface area contributed by atoms with E-state index in [1.807, 2.05) is 18.2 Å². The van der Waals surface area contributed by atoms with Crippen LogP contribution in [0.15, 0.2) is 60.9 Å². The van der Waals surface area contributed by atoms with E-state index < -0.39 is 10.8 Å². The lowest BCUT2D eigenvalue weighted by Crippen LogP contribution is -2.13. The summed E-state index contributed by atoms with van der Waals surface area (Å²) in [5.74, 6) is -0.561. The molecule has 7 nitrogen and oxygen atoms in total. The summed E-state index contributed by atoms with van der Waals surface area (Å²) in [6.07, 6.45) is 3.13. The Hall–Kier alpha value is -3.19. The minimum atomic E-state index is -0.586. The Morgan fingerprint density at radius 2 is 2.04 bits per heavy atom. The van der Waals surface area contributed by atoms with Crippen molar-refractivity contribution in [3.63, 3.8) is 0 Å². The van der Waals surface area contributed by atoms with Crippen LogP contribution >= 0.6 is 11.6 Å². The van der Waals surface area contributed by atoms with Crippen molar-refractivity contribution < 1.29 is 9.72 Å². The number of nitrogens with zero attached hydrogens (tertiary/aromatic N) is 3. The van der Waals surface area contributed by atoms with Gasteiger partial charge < -0.3 is 5.32 Å². The van der Waals surface area contributed by atoms with Gasteiger partial charge in [0.15, 0.2) is 0 Å². The van der Waals surface area contributed by atoms with Crippen molar-refractivity contribution in [3.05, 3.63) is 87.2 Å². The molecule has 8 heteroatoms. The Bertz CT molecular complexity index is 939. The predicted octanol–water partition coefficient (Wildman–Crippen LogP) is 3.75. The van der Waals surface area contributed by atoms with E-state index in [2.05, 4.69) is 10.4 Å². The van der Waals surface area contributed by atoms with Gasteiger partial charge in [-0.05, 0) is 23.8 Å². The van der Waals surface area contributed by atoms with Crippen LogP contribution in [-0.4, -0.2) is 20.6 Å². The summed E-state index contributed by atoms with van der Waals surface area (Å²) in [7, 11) is 0. The second-order valence-electron chi connectivity index (χ2n) is 5.28. The number of carbonyl (C=O) groups excluding carboxylic acids is 1. The molecule has 1 aromatic heterocycles. The lowest BCUT2D eigenvalue weighted by Gasteiger charge is -2.04. The first-order chi connectivity index (χ1) is 12.0. The molecule has 25 heavy (non-hydrogen) atoms. The quantitative estimate of drug-likeness (QED) is 0.557. The van der Waals surface area contributed by atoms with Crippen molar-refractivity contribution in [1.29, 1.82) is 0 Å². The molecule has 126 valence electrons. The number of carbonyl (C=O) groups is 1. The lowest BCUT2D eigenvalue weighted by molar-refractivity contribution is -0.385. The summed E-state index contributed by atoms with van der Waals surface area (Å²) in [5.41, 5.74) is 1.17. The van der Waals surface area contributed by atoms with Gasteiger partial charge in [0.25, 0.3) is 11.6 Å². The molecule has 1 heterocycles. The number of nitro benzene ring substituents is 1. The first-order valence-electron chi connectivity index (χ1n) is 7.34. The maximum atomic E-state index is 12.3. The Morgan fingerprint density at radius 3 is 2.80 bits per heavy atom. The highest BCUT2D eigenvalue weighted by Gasteiger charge is 2.19. The van der Waals surface area contributed by atoms with Crippen molar-refractivity contribution >= 4 is 28.9 Å². The summed E-state index contributed by atoms with van der Waals surface area (Å²) in [5, 5.41) is 18.4. The van der Waals surface area contributed by atoms with E-state index in [1.165, 1.54) is 24.4 Å². The number of anilines is 1. The minimum Gasteiger partial charge on any atom is -0.319 e. The number of amides is 1. The molecule has 1 amide bonds. The molecular formula is C17H13ClN4O3. The fraction of sp³-hybridized carbons (Fsp3) is 0.0588. The Kier molecular flexibility index (Phi) is 4.76. The van der Waals surface area contributed by atoms with Crippen LogP contribution in [-0.2, 0) is 6.54 Å². The fourth-order valence-electron chi connectivity index (χ4n) is 2.36. The van der Waals surface area contributed by atoms with Crippen LogP contribution < -0.4 is 5.32 Å². The number of nitro groups is 1. The first kappa shape index (κ1) is 16.7. The largest absolute Gasteiger partial charge is 0.319 e. The van der Waals surface area contributed by atoms with Crippen LogP contribution in [0.5, 0.6) is 0 Å². The van der Waals surface area contributed by atoms with E-state index in [0.717, 1.165) is 5.56 Å². The summed E-state index contributed by atoms with van der Waals surface area (Å²) in [4.78, 5) is 22.7. The van der Waals surface area contributed by atoms with Gasteiger partial charge in [0.2, 0.25) is 0 Å². The summed E-state index contributed by atoms with van der Waals surface area (Å²) < 4.78 is 1.64. The number of aromatic nitrogens is 2. The molecule has 0 atom stereocenters. The molecule has 3 aromatic rings. The summed E-state index contributed by atoms with van der Waals surface area (Å²) in [6.45, 7) is 0.488. The molecule has 3 rings (SSSR count). The third-order valence-electron chi connectivity index (χ3n) is 3.47. The van der Waals surface area contributed by atoms with Crippen LogP contribution in [0.1, 0.15) is 15.9 Å². The smallest absolute Gasteiger partial charge is 0.282 e. The van der Waals surface area contributed by atoms with Gasteiger partial charge in [-0.3, -0.25) is 19.6 Å². The van der Waals surface area contributed by atoms with E-state index in [-0.39, 0.29) is 11.3 Å². The highest BCUT2D eigenvalue weighted by atomic mass is 35.5. The number of rotatable bonds is 5. The molecule has 0 saturated heterocycles. The van der Waals surface area contributed by atoms with E-state index in [0.29, 0.717) is 17.3 Å². The monoisotopic (exact) mass is 356 g/mol. The number of benzene rings is 2. The highest BCUT2D eigenvalue weighted by Crippen LogP contribution is 2.19. The Labute approximate surface area is 148 Å². The van der Waals surface area contributed by atoms with Crippen LogP contribution in [0.3, 0.4) is 0 Å². The Balaban J connectivity index is 1.73. The predicted molar refractivity (Wildman–Crippen MR) is 93.8 cm³/mol. The minimum absolute atomic E-state index is 0.00455. The molecule has 1 N–H and O–H groups in total. The third-order valence-corrected chi connectivity index (χ3v) is 3.71. The molecule has 0 radical (unpaired) electrons. The second kappa shape index (κ2) is 7.14. The zero-order chi connectivity index (χ0) is 17.8. The van der Waals surface area contributed by atoms with Crippen LogP contribution in [0, 0.1) is 10.1 Å². The van der Waals surface area contributed by atoms with Crippen molar-refractivity contribution in [2.45, 2.75) is 6.54 Å². The number of para-hydroxylation sites is 1. The van der Waals surface area contributed by atoms with Gasteiger partial charge in [-0.1, -0.05) is 35.9 Å². The van der Waals surface area contributed by atoms with Crippen LogP contribution in [0.4, 0.5) is 11.4 Å². The van der Waals surface area contributed by atoms with Crippen LogP contribution in [0.25, 0.3) is 0 Å². The van der Waals surface area contributed by atoms with Gasteiger partial charge in [0, 0.05) is 17.3 Å². The van der Waals surface area contributed by atoms with Gasteiger partial charge in [0.05, 0.1) is 23.4 Å². The second-order valence-corrected chi connectivity index (χ2v) is 5.72. The maximum absolute atomic E-state index is 12.3. The highest BCUT2D eigenvalue weighted by molar-refractivity contribution is 6.30. The molecule has 0 aliphatic rings. The van der Waals surface area contributed by atoms with Gasteiger partial charge in [-0.25, -0.2) is 0 Å². The van der Waals surface area contributed by atoms with E-state index in [1.54, 1.807) is 23.0 Å². The van der Waals surface area contributed by atoms with Gasteiger partial charge in [-0.2, -0.15) is 5.10 Å². The molecule has 2 aromatic carbocycles. The third kappa shape index (κ3) is 4.02. The van der Waals surface area contributed by atoms with E-state index in [9.17, 15) is 14.9 Å². The normalized spacial score (nSPS) is 10.4. The molecule has 0 aliphatic heterocycles. The topological polar surface area (TPSA) is 90.1 Å². The van der Waals surface area contributed by atoms with Crippen molar-refractivity contribution in [2.24, 2.45) is 0 Å². The number of hydrogen-bond donors (Lipinski definition) is 1. The van der Waals surface area contributed by atoms with Crippen LogP contribution in [0.2, 0.25) is 5.02 Å². The molecule has 0 unspecified atom stereocenters. The molecule has 0 bridgehead atoms. The zero-order valence-electron chi connectivity index (χ0n) is 12.9. The summed E-state index contributed by atoms with van der Waals surface area (Å²) in [6, 6.07) is 13.2. The average molecular weight is 357 g/mol. The van der Waals surface area contributed by atoms with E-state index >= 15 is 0 Å². The average Bonchev–Trinajstić information content (AvgIpc) is 3.01. The van der Waals surface area contributed by atoms with Crippen molar-refractivity contribution in [1.82, 2.24) is 9.78 Å². The molecular weight excluding hydrogens is 344 g/mol. The van der Waals surface area contributed by atoms with Gasteiger partial charge in [-0.15, -0.1) is 0 Å². The standard InChI is InChI=1S/C17H13ClN4O3/c18-13-5-3-4-12(8-13)10-21-11-14(9-19-21)20-17(23)15-6-1-2-7-16(15)22(24)25/h1-9,11H,10H2,(H,20,23). The van der Waals surface area contributed by atoms with E-state index in [4.69, 9.17) is 11.6 Å². The number of nitrogens with one attached hydrogen (secondary N) is 1. The maximum Gasteiger partial charge on any atom is 0.282 e. The Morgan fingerprint density at radius 1 is 1.24 bits per heavy atom. The van der Waals surface area contributed by atoms with Crippen molar-refractivity contribution in [3.8, 4) is 0 Å². The zero-order valence-corrected chi connectivity index (χ0v) is 13.7. The molecule has 0 saturated carbocycles.